The van der Waals surface area contributed by atoms with E-state index in [1.165, 1.54) is 6.20 Å². The minimum Gasteiger partial charge on any atom is -0.404 e. The van der Waals surface area contributed by atoms with Gasteiger partial charge in [0.15, 0.2) is 0 Å². The van der Waals surface area contributed by atoms with Crippen molar-refractivity contribution in [3.8, 4) is 0 Å². The number of carbonyl (C=O) groups excluding carboxylic acids is 1. The molecule has 9 nitrogen and oxygen atoms in total. The summed E-state index contributed by atoms with van der Waals surface area (Å²) in [5.74, 6) is 0.262. The lowest BCUT2D eigenvalue weighted by molar-refractivity contribution is 0.0965. The van der Waals surface area contributed by atoms with Crippen LogP contribution in [0.2, 0.25) is 0 Å². The molecule has 1 amide bonds. The van der Waals surface area contributed by atoms with Crippen molar-refractivity contribution in [3.05, 3.63) is 23.2 Å². The van der Waals surface area contributed by atoms with Crippen molar-refractivity contribution in [2.45, 2.75) is 44.3 Å². The molecule has 2 aliphatic rings. The van der Waals surface area contributed by atoms with E-state index < -0.39 is 0 Å². The maximum atomic E-state index is 12.3. The van der Waals surface area contributed by atoms with Gasteiger partial charge in [-0.2, -0.15) is 0 Å². The second-order valence-electron chi connectivity index (χ2n) is 6.75. The standard InChI is InChI=1S/C18H27N7O2/c1-27-7-6-21-9-11(8-19)16-15-14(10-22-17(15)26)24-18(25-16)23-13-5-3-2-4-12(13)20/h8-9,12-13H,2-7,10,19-20H2,1H3,(H,22,26)(H,23,24,25)/t12-,13+/m0/s1. The van der Waals surface area contributed by atoms with Gasteiger partial charge in [0.1, 0.15) is 0 Å². The van der Waals surface area contributed by atoms with Crippen molar-refractivity contribution in [1.29, 1.82) is 0 Å². The molecule has 6 N–H and O–H groups in total. The third-order valence-electron chi connectivity index (χ3n) is 4.87. The number of amides is 1. The highest BCUT2D eigenvalue weighted by molar-refractivity contribution is 6.14. The number of carbonyl (C=O) groups is 1. The van der Waals surface area contributed by atoms with E-state index in [-0.39, 0.29) is 18.0 Å². The molecule has 2 heterocycles. The Kier molecular flexibility index (Phi) is 6.36. The molecule has 1 aromatic rings. The summed E-state index contributed by atoms with van der Waals surface area (Å²) in [6.07, 6.45) is 7.25. The highest BCUT2D eigenvalue weighted by Crippen LogP contribution is 2.25. The number of aliphatic imine (C=N–C) groups is 1. The fraction of sp³-hybridized carbons (Fsp3) is 0.556. The van der Waals surface area contributed by atoms with Gasteiger partial charge in [-0.25, -0.2) is 9.97 Å². The first-order valence-electron chi connectivity index (χ1n) is 9.26. The summed E-state index contributed by atoms with van der Waals surface area (Å²) in [7, 11) is 1.62. The Morgan fingerprint density at radius 1 is 1.41 bits per heavy atom. The zero-order chi connectivity index (χ0) is 19.2. The fourth-order valence-electron chi connectivity index (χ4n) is 3.39. The average Bonchev–Trinajstić information content (AvgIpc) is 3.04. The molecule has 1 aliphatic heterocycles. The van der Waals surface area contributed by atoms with Gasteiger partial charge in [-0.1, -0.05) is 12.8 Å². The van der Waals surface area contributed by atoms with E-state index in [4.69, 9.17) is 16.2 Å². The number of aromatic nitrogens is 2. The normalized spacial score (nSPS) is 22.7. The van der Waals surface area contributed by atoms with Crippen molar-refractivity contribution in [2.24, 2.45) is 16.5 Å². The SMILES string of the molecule is COCCN=CC(=CN)c1nc(N[C@@H]2CCCC[C@@H]2N)nc2c1C(=O)NC2. The predicted molar refractivity (Wildman–Crippen MR) is 104 cm³/mol. The molecule has 0 saturated heterocycles. The average molecular weight is 373 g/mol. The monoisotopic (exact) mass is 373 g/mol. The van der Waals surface area contributed by atoms with Crippen LogP contribution >= 0.6 is 0 Å². The zero-order valence-electron chi connectivity index (χ0n) is 15.6. The lowest BCUT2D eigenvalue weighted by atomic mass is 9.91. The Bertz CT molecular complexity index is 747. The van der Waals surface area contributed by atoms with Crippen molar-refractivity contribution in [2.75, 3.05) is 25.6 Å². The number of nitrogens with two attached hydrogens (primary N) is 2. The largest absolute Gasteiger partial charge is 0.404 e. The minimum absolute atomic E-state index is 0.0685. The third-order valence-corrected chi connectivity index (χ3v) is 4.87. The highest BCUT2D eigenvalue weighted by atomic mass is 16.5. The number of fused-ring (bicyclic) bond motifs is 1. The molecule has 146 valence electrons. The van der Waals surface area contributed by atoms with Crippen molar-refractivity contribution in [3.63, 3.8) is 0 Å². The number of rotatable bonds is 7. The lowest BCUT2D eigenvalue weighted by Gasteiger charge is -2.29. The number of nitrogens with zero attached hydrogens (tertiary/aromatic N) is 3. The molecule has 3 rings (SSSR count). The molecule has 0 unspecified atom stereocenters. The van der Waals surface area contributed by atoms with Gasteiger partial charge in [-0.15, -0.1) is 0 Å². The van der Waals surface area contributed by atoms with Gasteiger partial charge in [-0.05, 0) is 12.8 Å². The number of methoxy groups -OCH3 is 1. The van der Waals surface area contributed by atoms with Crippen molar-refractivity contribution >= 4 is 23.6 Å². The molecule has 0 bridgehead atoms. The fourth-order valence-corrected chi connectivity index (χ4v) is 3.39. The lowest BCUT2D eigenvalue weighted by Crippen LogP contribution is -2.43. The van der Waals surface area contributed by atoms with E-state index in [0.29, 0.717) is 48.2 Å². The van der Waals surface area contributed by atoms with Crippen LogP contribution in [0.25, 0.3) is 5.57 Å². The smallest absolute Gasteiger partial charge is 0.255 e. The number of allylic oxidation sites excluding steroid dienone is 1. The van der Waals surface area contributed by atoms with Crippen LogP contribution in [0.1, 0.15) is 47.4 Å². The molecule has 27 heavy (non-hydrogen) atoms. The van der Waals surface area contributed by atoms with Crippen LogP contribution in [0.3, 0.4) is 0 Å². The van der Waals surface area contributed by atoms with Crippen LogP contribution in [0.15, 0.2) is 11.2 Å². The Morgan fingerprint density at radius 3 is 2.96 bits per heavy atom. The Labute approximate surface area is 158 Å². The second-order valence-corrected chi connectivity index (χ2v) is 6.75. The van der Waals surface area contributed by atoms with Crippen LogP contribution < -0.4 is 22.1 Å². The van der Waals surface area contributed by atoms with E-state index in [0.717, 1.165) is 25.7 Å². The summed E-state index contributed by atoms with van der Waals surface area (Å²) in [6, 6.07) is 0.189. The summed E-state index contributed by atoms with van der Waals surface area (Å²) in [4.78, 5) is 25.7. The number of anilines is 1. The van der Waals surface area contributed by atoms with Gasteiger partial charge in [0.05, 0.1) is 36.6 Å². The first kappa shape index (κ1) is 19.2. The first-order valence-corrected chi connectivity index (χ1v) is 9.26. The molecule has 2 atom stereocenters. The highest BCUT2D eigenvalue weighted by Gasteiger charge is 2.29. The molecule has 9 heteroatoms. The van der Waals surface area contributed by atoms with Crippen LogP contribution in [-0.2, 0) is 11.3 Å². The Morgan fingerprint density at radius 2 is 2.22 bits per heavy atom. The molecule has 1 fully saturated rings. The summed E-state index contributed by atoms with van der Waals surface area (Å²) < 4.78 is 4.99. The third kappa shape index (κ3) is 4.42. The minimum atomic E-state index is -0.203. The Balaban J connectivity index is 1.90. The predicted octanol–water partition coefficient (Wildman–Crippen LogP) is 0.419. The quantitative estimate of drug-likeness (QED) is 0.401. The van der Waals surface area contributed by atoms with Gasteiger partial charge in [-0.3, -0.25) is 9.79 Å². The van der Waals surface area contributed by atoms with Gasteiger partial charge < -0.3 is 26.8 Å². The van der Waals surface area contributed by atoms with Gasteiger partial charge in [0.2, 0.25) is 5.95 Å². The summed E-state index contributed by atoms with van der Waals surface area (Å²) in [6.45, 7) is 1.37. The molecular formula is C18H27N7O2. The maximum absolute atomic E-state index is 12.3. The Hall–Kier alpha value is -2.52. The van der Waals surface area contributed by atoms with Crippen molar-refractivity contribution in [1.82, 2.24) is 15.3 Å². The van der Waals surface area contributed by atoms with Crippen LogP contribution in [0.5, 0.6) is 0 Å². The van der Waals surface area contributed by atoms with E-state index in [2.05, 4.69) is 25.6 Å². The summed E-state index contributed by atoms with van der Waals surface area (Å²) in [5.41, 5.74) is 14.2. The molecule has 1 aliphatic carbocycles. The zero-order valence-corrected chi connectivity index (χ0v) is 15.6. The van der Waals surface area contributed by atoms with Crippen molar-refractivity contribution < 1.29 is 9.53 Å². The number of hydrogen-bond acceptors (Lipinski definition) is 8. The topological polar surface area (TPSA) is 141 Å². The van der Waals surface area contributed by atoms with Gasteiger partial charge in [0, 0.05) is 37.2 Å². The first-order chi connectivity index (χ1) is 13.1. The molecule has 1 aromatic heterocycles. The number of ether oxygens (including phenoxy) is 1. The number of nitrogens with one attached hydrogen (secondary N) is 2. The van der Waals surface area contributed by atoms with Crippen LogP contribution in [0, 0.1) is 0 Å². The van der Waals surface area contributed by atoms with E-state index in [1.54, 1.807) is 13.3 Å². The summed E-state index contributed by atoms with van der Waals surface area (Å²) in [5, 5.41) is 6.15. The van der Waals surface area contributed by atoms with E-state index >= 15 is 0 Å². The molecular weight excluding hydrogens is 346 g/mol. The second kappa shape index (κ2) is 8.92. The molecule has 0 spiro atoms. The molecule has 1 saturated carbocycles. The van der Waals surface area contributed by atoms with Crippen LogP contribution in [-0.4, -0.2) is 54.4 Å². The molecule has 0 radical (unpaired) electrons. The summed E-state index contributed by atoms with van der Waals surface area (Å²) >= 11 is 0. The van der Waals surface area contributed by atoms with E-state index in [1.807, 2.05) is 0 Å². The number of hydrogen-bond donors (Lipinski definition) is 4. The van der Waals surface area contributed by atoms with Gasteiger partial charge >= 0.3 is 0 Å². The van der Waals surface area contributed by atoms with Gasteiger partial charge in [0.25, 0.3) is 5.91 Å². The van der Waals surface area contributed by atoms with E-state index in [9.17, 15) is 4.79 Å². The maximum Gasteiger partial charge on any atom is 0.255 e. The van der Waals surface area contributed by atoms with Crippen LogP contribution in [0.4, 0.5) is 5.95 Å². The molecule has 0 aromatic carbocycles.